The molecule has 2 aromatic carbocycles. The number of ether oxygens (including phenoxy) is 3. The lowest BCUT2D eigenvalue weighted by molar-refractivity contribution is -0.137. The Morgan fingerprint density at radius 1 is 1.16 bits per heavy atom. The van der Waals surface area contributed by atoms with Crippen molar-refractivity contribution < 1.29 is 27.4 Å². The maximum absolute atomic E-state index is 13.2. The lowest BCUT2D eigenvalue weighted by Crippen LogP contribution is -2.35. The first-order valence-electron chi connectivity index (χ1n) is 10.3. The van der Waals surface area contributed by atoms with Crippen molar-refractivity contribution in [2.75, 3.05) is 34.4 Å². The van der Waals surface area contributed by atoms with Gasteiger partial charge in [0, 0.05) is 31.2 Å². The fourth-order valence-corrected chi connectivity index (χ4v) is 3.94. The van der Waals surface area contributed by atoms with Crippen molar-refractivity contribution in [1.29, 1.82) is 0 Å². The third-order valence-electron chi connectivity index (χ3n) is 5.40. The van der Waals surface area contributed by atoms with E-state index in [2.05, 4.69) is 0 Å². The lowest BCUT2D eigenvalue weighted by atomic mass is 9.79. The summed E-state index contributed by atoms with van der Waals surface area (Å²) in [5.74, 6) is 1.08. The van der Waals surface area contributed by atoms with Gasteiger partial charge in [-0.3, -0.25) is 0 Å². The topological polar surface area (TPSA) is 30.9 Å². The predicted octanol–water partition coefficient (Wildman–Crippen LogP) is 5.35. The number of nitrogens with zero attached hydrogens (tertiary/aromatic N) is 1. The lowest BCUT2D eigenvalue weighted by Gasteiger charge is -2.38. The van der Waals surface area contributed by atoms with Crippen LogP contribution in [0.5, 0.6) is 11.5 Å². The van der Waals surface area contributed by atoms with Gasteiger partial charge in [0.1, 0.15) is 29.8 Å². The fraction of sp³-hybridized carbons (Fsp3) is 0.500. The van der Waals surface area contributed by atoms with E-state index in [1.54, 1.807) is 13.2 Å². The predicted molar refractivity (Wildman–Crippen MR) is 114 cm³/mol. The van der Waals surface area contributed by atoms with Crippen LogP contribution in [-0.4, -0.2) is 51.0 Å². The summed E-state index contributed by atoms with van der Waals surface area (Å²) < 4.78 is 57.3. The highest BCUT2D eigenvalue weighted by Gasteiger charge is 2.36. The van der Waals surface area contributed by atoms with Crippen LogP contribution in [0.4, 0.5) is 13.2 Å². The summed E-state index contributed by atoms with van der Waals surface area (Å²) in [5, 5.41) is 0. The number of hydrogen-bond donors (Lipinski definition) is 0. The fourth-order valence-electron chi connectivity index (χ4n) is 3.94. The number of fused-ring (bicyclic) bond motifs is 1. The summed E-state index contributed by atoms with van der Waals surface area (Å²) >= 11 is 0. The molecular weight excluding hydrogens is 407 g/mol. The van der Waals surface area contributed by atoms with Gasteiger partial charge in [0.05, 0.1) is 5.56 Å². The van der Waals surface area contributed by atoms with Gasteiger partial charge < -0.3 is 19.1 Å². The number of hydrogen-bond acceptors (Lipinski definition) is 4. The molecule has 0 saturated heterocycles. The molecule has 0 amide bonds. The Balaban J connectivity index is 1.87. The SMILES string of the molecule is COC(COc1ccc2c(c1)OC(C)(C)CC2c1cccc(C(F)(F)F)c1)CN(C)C. The molecule has 0 bridgehead atoms. The highest BCUT2D eigenvalue weighted by molar-refractivity contribution is 5.49. The molecule has 1 heterocycles. The van der Waals surface area contributed by atoms with E-state index < -0.39 is 17.3 Å². The summed E-state index contributed by atoms with van der Waals surface area (Å²) in [4.78, 5) is 2.02. The Morgan fingerprint density at radius 3 is 2.55 bits per heavy atom. The van der Waals surface area contributed by atoms with Crippen molar-refractivity contribution >= 4 is 0 Å². The van der Waals surface area contributed by atoms with Crippen LogP contribution in [0.25, 0.3) is 0 Å². The van der Waals surface area contributed by atoms with Gasteiger partial charge in [0.15, 0.2) is 0 Å². The quantitative estimate of drug-likeness (QED) is 0.584. The molecule has 31 heavy (non-hydrogen) atoms. The maximum Gasteiger partial charge on any atom is 0.416 e. The second-order valence-corrected chi connectivity index (χ2v) is 8.87. The second kappa shape index (κ2) is 9.09. The Labute approximate surface area is 181 Å². The Bertz CT molecular complexity index is 896. The Morgan fingerprint density at radius 2 is 1.90 bits per heavy atom. The number of rotatable bonds is 7. The van der Waals surface area contributed by atoms with Crippen molar-refractivity contribution in [3.05, 3.63) is 59.2 Å². The van der Waals surface area contributed by atoms with Gasteiger partial charge in [-0.15, -0.1) is 0 Å². The van der Waals surface area contributed by atoms with Gasteiger partial charge in [0.25, 0.3) is 0 Å². The van der Waals surface area contributed by atoms with Gasteiger partial charge >= 0.3 is 6.18 Å². The number of likely N-dealkylation sites (N-methyl/N-ethyl adjacent to an activating group) is 1. The standard InChI is InChI=1S/C24H30F3NO3/c1-23(2)13-21(16-7-6-8-17(11-16)24(25,26)27)20-10-9-18(12-22(20)31-23)30-15-19(29-5)14-28(3)4/h6-12,19,21H,13-15H2,1-5H3. The van der Waals surface area contributed by atoms with E-state index in [0.29, 0.717) is 30.1 Å². The van der Waals surface area contributed by atoms with Crippen LogP contribution in [0.1, 0.15) is 42.9 Å². The number of halogens is 3. The van der Waals surface area contributed by atoms with E-state index in [1.807, 2.05) is 51.0 Å². The van der Waals surface area contributed by atoms with Crippen molar-refractivity contribution in [1.82, 2.24) is 4.90 Å². The van der Waals surface area contributed by atoms with Crippen molar-refractivity contribution in [2.24, 2.45) is 0 Å². The molecule has 4 nitrogen and oxygen atoms in total. The smallest absolute Gasteiger partial charge is 0.416 e. The van der Waals surface area contributed by atoms with E-state index in [0.717, 1.165) is 18.2 Å². The van der Waals surface area contributed by atoms with Crippen molar-refractivity contribution in [3.8, 4) is 11.5 Å². The minimum absolute atomic E-state index is 0.0822. The summed E-state index contributed by atoms with van der Waals surface area (Å²) in [6, 6.07) is 11.1. The summed E-state index contributed by atoms with van der Waals surface area (Å²) in [7, 11) is 5.58. The minimum Gasteiger partial charge on any atom is -0.491 e. The van der Waals surface area contributed by atoms with Gasteiger partial charge in [-0.2, -0.15) is 13.2 Å². The van der Waals surface area contributed by atoms with Gasteiger partial charge in [-0.05, 0) is 52.1 Å². The largest absolute Gasteiger partial charge is 0.491 e. The molecule has 7 heteroatoms. The first-order chi connectivity index (χ1) is 14.5. The Hall–Kier alpha value is -2.25. The van der Waals surface area contributed by atoms with E-state index in [4.69, 9.17) is 14.2 Å². The zero-order valence-corrected chi connectivity index (χ0v) is 18.6. The second-order valence-electron chi connectivity index (χ2n) is 8.87. The molecule has 0 saturated carbocycles. The van der Waals surface area contributed by atoms with Gasteiger partial charge in [-0.1, -0.05) is 24.3 Å². The van der Waals surface area contributed by atoms with Crippen LogP contribution in [0.15, 0.2) is 42.5 Å². The summed E-state index contributed by atoms with van der Waals surface area (Å²) in [6.45, 7) is 5.00. The highest BCUT2D eigenvalue weighted by atomic mass is 19.4. The summed E-state index contributed by atoms with van der Waals surface area (Å²) in [6.07, 6.45) is -3.88. The molecule has 1 aliphatic rings. The number of alkyl halides is 3. The van der Waals surface area contributed by atoms with E-state index in [1.165, 1.54) is 12.1 Å². The molecule has 1 aliphatic heterocycles. The highest BCUT2D eigenvalue weighted by Crippen LogP contribution is 2.46. The third-order valence-corrected chi connectivity index (χ3v) is 5.40. The molecule has 0 aromatic heterocycles. The van der Waals surface area contributed by atoms with E-state index >= 15 is 0 Å². The van der Waals surface area contributed by atoms with Crippen molar-refractivity contribution in [2.45, 2.75) is 44.1 Å². The number of methoxy groups -OCH3 is 1. The molecule has 170 valence electrons. The normalized spacial score (nSPS) is 18.9. The first-order valence-corrected chi connectivity index (χ1v) is 10.3. The van der Waals surface area contributed by atoms with E-state index in [-0.39, 0.29) is 12.0 Å². The van der Waals surface area contributed by atoms with Crippen LogP contribution >= 0.6 is 0 Å². The molecular formula is C24H30F3NO3. The zero-order valence-electron chi connectivity index (χ0n) is 18.6. The van der Waals surface area contributed by atoms with Crippen LogP contribution in [0, 0.1) is 0 Å². The average molecular weight is 438 g/mol. The summed E-state index contributed by atoms with van der Waals surface area (Å²) in [5.41, 5.74) is 0.335. The Kier molecular flexibility index (Phi) is 6.86. The number of benzene rings is 2. The van der Waals surface area contributed by atoms with Gasteiger partial charge in [-0.25, -0.2) is 0 Å². The molecule has 0 radical (unpaired) electrons. The first kappa shape index (κ1) is 23.4. The van der Waals surface area contributed by atoms with Crippen LogP contribution in [-0.2, 0) is 10.9 Å². The molecule has 0 aliphatic carbocycles. The van der Waals surface area contributed by atoms with Crippen molar-refractivity contribution in [3.63, 3.8) is 0 Å². The van der Waals surface area contributed by atoms with Gasteiger partial charge in [0.2, 0.25) is 0 Å². The molecule has 2 atom stereocenters. The molecule has 0 spiro atoms. The molecule has 3 rings (SSSR count). The molecule has 0 fully saturated rings. The van der Waals surface area contributed by atoms with E-state index in [9.17, 15) is 13.2 Å². The molecule has 0 N–H and O–H groups in total. The van der Waals surface area contributed by atoms with Crippen LogP contribution in [0.2, 0.25) is 0 Å². The average Bonchev–Trinajstić information content (AvgIpc) is 2.68. The van der Waals surface area contributed by atoms with Crippen LogP contribution in [0.3, 0.4) is 0 Å². The van der Waals surface area contributed by atoms with Crippen LogP contribution < -0.4 is 9.47 Å². The molecule has 2 aromatic rings. The zero-order chi connectivity index (χ0) is 22.8. The minimum atomic E-state index is -4.37. The third kappa shape index (κ3) is 5.92. The molecule has 2 unspecified atom stereocenters. The monoisotopic (exact) mass is 437 g/mol. The maximum atomic E-state index is 13.2.